The molecule has 1 fully saturated rings. The van der Waals surface area contributed by atoms with Gasteiger partial charge in [-0.15, -0.1) is 0 Å². The maximum absolute atomic E-state index is 12.0. The molecule has 1 rings (SSSR count). The van der Waals surface area contributed by atoms with E-state index in [2.05, 4.69) is 0 Å². The molecular formula is C13H22O6. The van der Waals surface area contributed by atoms with Crippen molar-refractivity contribution < 1.29 is 29.6 Å². The summed E-state index contributed by atoms with van der Waals surface area (Å²) in [5.74, 6) is -2.66. The quantitative estimate of drug-likeness (QED) is 0.654. The number of esters is 1. The zero-order valence-electron chi connectivity index (χ0n) is 11.6. The predicted octanol–water partition coefficient (Wildman–Crippen LogP) is 0.697. The standard InChI is InChI=1S/C13H22O6/c1-11(2,3)8-19-10(16)13(18)7-5-4-6-12(13,17)9(14)15/h17-18H,4-8H2,1-3H3,(H,14,15). The van der Waals surface area contributed by atoms with Crippen molar-refractivity contribution in [3.8, 4) is 0 Å². The number of aliphatic hydroxyl groups is 2. The number of carboxylic acids is 1. The van der Waals surface area contributed by atoms with Gasteiger partial charge in [0.25, 0.3) is 0 Å². The van der Waals surface area contributed by atoms with Gasteiger partial charge in [0.2, 0.25) is 11.2 Å². The molecule has 0 heterocycles. The summed E-state index contributed by atoms with van der Waals surface area (Å²) >= 11 is 0. The lowest BCUT2D eigenvalue weighted by molar-refractivity contribution is -0.220. The SMILES string of the molecule is CC(C)(C)COC(=O)C1(O)CCCCC1(O)C(=O)O. The lowest BCUT2D eigenvalue weighted by atomic mass is 9.71. The average molecular weight is 274 g/mol. The van der Waals surface area contributed by atoms with Crippen LogP contribution in [0, 0.1) is 5.41 Å². The largest absolute Gasteiger partial charge is 0.479 e. The molecule has 19 heavy (non-hydrogen) atoms. The maximum atomic E-state index is 12.0. The molecule has 2 atom stereocenters. The van der Waals surface area contributed by atoms with Crippen molar-refractivity contribution in [3.63, 3.8) is 0 Å². The number of hydrogen-bond donors (Lipinski definition) is 3. The Morgan fingerprint density at radius 2 is 1.58 bits per heavy atom. The third-order valence-electron chi connectivity index (χ3n) is 3.34. The Bertz CT molecular complexity index is 372. The zero-order chi connectivity index (χ0) is 14.9. The second-order valence-corrected chi connectivity index (χ2v) is 6.37. The van der Waals surface area contributed by atoms with Crippen LogP contribution < -0.4 is 0 Å². The Kier molecular flexibility index (Phi) is 4.27. The molecule has 1 saturated carbocycles. The van der Waals surface area contributed by atoms with Crippen molar-refractivity contribution in [3.05, 3.63) is 0 Å². The number of aliphatic carboxylic acids is 1. The summed E-state index contributed by atoms with van der Waals surface area (Å²) in [6.45, 7) is 5.57. The first-order chi connectivity index (χ1) is 8.53. The number of ether oxygens (including phenoxy) is 1. The van der Waals surface area contributed by atoms with Gasteiger partial charge in [-0.25, -0.2) is 9.59 Å². The van der Waals surface area contributed by atoms with E-state index in [1.165, 1.54) is 0 Å². The van der Waals surface area contributed by atoms with E-state index in [-0.39, 0.29) is 24.9 Å². The van der Waals surface area contributed by atoms with Gasteiger partial charge in [-0.1, -0.05) is 20.8 Å². The van der Waals surface area contributed by atoms with Gasteiger partial charge in [0.15, 0.2) is 0 Å². The molecule has 0 bridgehead atoms. The van der Waals surface area contributed by atoms with Crippen molar-refractivity contribution >= 4 is 11.9 Å². The summed E-state index contributed by atoms with van der Waals surface area (Å²) in [5, 5.41) is 29.5. The molecule has 1 aliphatic rings. The Morgan fingerprint density at radius 3 is 2.00 bits per heavy atom. The van der Waals surface area contributed by atoms with E-state index in [9.17, 15) is 19.8 Å². The van der Waals surface area contributed by atoms with Gasteiger partial charge in [0.1, 0.15) is 0 Å². The summed E-state index contributed by atoms with van der Waals surface area (Å²) in [6, 6.07) is 0. The monoisotopic (exact) mass is 274 g/mol. The van der Waals surface area contributed by atoms with Crippen LogP contribution in [0.5, 0.6) is 0 Å². The van der Waals surface area contributed by atoms with E-state index in [0.717, 1.165) is 0 Å². The molecule has 0 aromatic rings. The van der Waals surface area contributed by atoms with Crippen LogP contribution in [0.3, 0.4) is 0 Å². The van der Waals surface area contributed by atoms with Crippen LogP contribution in [-0.4, -0.2) is 45.1 Å². The summed E-state index contributed by atoms with van der Waals surface area (Å²) in [7, 11) is 0. The van der Waals surface area contributed by atoms with Crippen LogP contribution in [0.15, 0.2) is 0 Å². The molecule has 6 nitrogen and oxygen atoms in total. The minimum Gasteiger partial charge on any atom is -0.479 e. The van der Waals surface area contributed by atoms with Crippen LogP contribution in [0.1, 0.15) is 46.5 Å². The van der Waals surface area contributed by atoms with Crippen LogP contribution in [-0.2, 0) is 14.3 Å². The third kappa shape index (κ3) is 3.06. The molecule has 0 spiro atoms. The van der Waals surface area contributed by atoms with Gasteiger partial charge in [0.05, 0.1) is 6.61 Å². The van der Waals surface area contributed by atoms with Crippen LogP contribution in [0.2, 0.25) is 0 Å². The second kappa shape index (κ2) is 5.09. The Labute approximate surface area is 112 Å². The fraction of sp³-hybridized carbons (Fsp3) is 0.846. The second-order valence-electron chi connectivity index (χ2n) is 6.37. The molecule has 2 unspecified atom stereocenters. The summed E-state index contributed by atoms with van der Waals surface area (Å²) < 4.78 is 4.98. The molecular weight excluding hydrogens is 252 g/mol. The van der Waals surface area contributed by atoms with Crippen LogP contribution in [0.4, 0.5) is 0 Å². The van der Waals surface area contributed by atoms with Crippen LogP contribution >= 0.6 is 0 Å². The topological polar surface area (TPSA) is 104 Å². The highest BCUT2D eigenvalue weighted by atomic mass is 16.6. The van der Waals surface area contributed by atoms with Crippen molar-refractivity contribution in [2.45, 2.75) is 57.7 Å². The number of hydrogen-bond acceptors (Lipinski definition) is 5. The molecule has 1 aliphatic carbocycles. The van der Waals surface area contributed by atoms with Crippen molar-refractivity contribution in [1.82, 2.24) is 0 Å². The molecule has 0 amide bonds. The number of carbonyl (C=O) groups is 2. The van der Waals surface area contributed by atoms with Gasteiger partial charge in [0, 0.05) is 0 Å². The van der Waals surface area contributed by atoms with E-state index >= 15 is 0 Å². The summed E-state index contributed by atoms with van der Waals surface area (Å²) in [6.07, 6.45) is 0.636. The zero-order valence-corrected chi connectivity index (χ0v) is 11.6. The molecule has 110 valence electrons. The Morgan fingerprint density at radius 1 is 1.11 bits per heavy atom. The molecule has 6 heteroatoms. The first-order valence-electron chi connectivity index (χ1n) is 6.38. The molecule has 3 N–H and O–H groups in total. The Balaban J connectivity index is 2.92. The smallest absolute Gasteiger partial charge is 0.341 e. The van der Waals surface area contributed by atoms with Crippen molar-refractivity contribution in [1.29, 1.82) is 0 Å². The highest BCUT2D eigenvalue weighted by Crippen LogP contribution is 2.39. The normalized spacial score (nSPS) is 31.8. The van der Waals surface area contributed by atoms with E-state index in [0.29, 0.717) is 12.8 Å². The molecule has 0 radical (unpaired) electrons. The van der Waals surface area contributed by atoms with Crippen molar-refractivity contribution in [2.24, 2.45) is 5.41 Å². The Hall–Kier alpha value is -1.14. The van der Waals surface area contributed by atoms with E-state index in [4.69, 9.17) is 9.84 Å². The molecule has 0 aromatic carbocycles. The first kappa shape index (κ1) is 15.9. The minimum absolute atomic E-state index is 0.0455. The highest BCUT2D eigenvalue weighted by Gasteiger charge is 2.62. The third-order valence-corrected chi connectivity index (χ3v) is 3.34. The lowest BCUT2D eigenvalue weighted by Gasteiger charge is -2.41. The molecule has 0 aliphatic heterocycles. The van der Waals surface area contributed by atoms with Gasteiger partial charge in [-0.05, 0) is 31.1 Å². The van der Waals surface area contributed by atoms with E-state index in [1.54, 1.807) is 0 Å². The van der Waals surface area contributed by atoms with E-state index in [1.807, 2.05) is 20.8 Å². The maximum Gasteiger partial charge on any atom is 0.341 e. The van der Waals surface area contributed by atoms with Crippen molar-refractivity contribution in [2.75, 3.05) is 6.61 Å². The molecule has 0 saturated heterocycles. The highest BCUT2D eigenvalue weighted by molar-refractivity contribution is 5.91. The van der Waals surface area contributed by atoms with Gasteiger partial charge in [-0.2, -0.15) is 0 Å². The van der Waals surface area contributed by atoms with Gasteiger partial charge < -0.3 is 20.1 Å². The average Bonchev–Trinajstić information content (AvgIpc) is 2.28. The summed E-state index contributed by atoms with van der Waals surface area (Å²) in [5.41, 5.74) is -5.15. The summed E-state index contributed by atoms with van der Waals surface area (Å²) in [4.78, 5) is 23.2. The van der Waals surface area contributed by atoms with Crippen LogP contribution in [0.25, 0.3) is 0 Å². The van der Waals surface area contributed by atoms with E-state index < -0.39 is 23.1 Å². The number of carboxylic acid groups (broad SMARTS) is 1. The van der Waals surface area contributed by atoms with Gasteiger partial charge in [-0.3, -0.25) is 0 Å². The lowest BCUT2D eigenvalue weighted by Crippen LogP contribution is -2.65. The fourth-order valence-electron chi connectivity index (χ4n) is 2.13. The van der Waals surface area contributed by atoms with Gasteiger partial charge >= 0.3 is 11.9 Å². The molecule has 0 aromatic heterocycles. The minimum atomic E-state index is -2.47. The predicted molar refractivity (Wildman–Crippen MR) is 66.4 cm³/mol. The number of rotatable bonds is 3. The fourth-order valence-corrected chi connectivity index (χ4v) is 2.13. The number of carbonyl (C=O) groups excluding carboxylic acids is 1. The first-order valence-corrected chi connectivity index (χ1v) is 6.38.